The summed E-state index contributed by atoms with van der Waals surface area (Å²) in [4.78, 5) is 10.7. The maximum Gasteiger partial charge on any atom is 0.311 e. The first-order valence-electron chi connectivity index (χ1n) is 4.23. The van der Waals surface area contributed by atoms with Crippen molar-refractivity contribution in [1.29, 1.82) is 0 Å². The van der Waals surface area contributed by atoms with E-state index >= 15 is 0 Å². The van der Waals surface area contributed by atoms with Crippen molar-refractivity contribution in [2.24, 2.45) is 5.92 Å². The molecule has 1 aliphatic heterocycles. The molecular formula is C8H14O5. The van der Waals surface area contributed by atoms with Gasteiger partial charge in [-0.3, -0.25) is 4.79 Å². The van der Waals surface area contributed by atoms with Crippen molar-refractivity contribution in [2.45, 2.75) is 19.1 Å². The highest BCUT2D eigenvalue weighted by atomic mass is 16.6. The number of hydrogen-bond donors (Lipinski definition) is 2. The Morgan fingerprint density at radius 1 is 1.54 bits per heavy atom. The Hall–Kier alpha value is -0.650. The van der Waals surface area contributed by atoms with E-state index in [0.717, 1.165) is 0 Å². The third-order valence-corrected chi connectivity index (χ3v) is 2.05. The molecule has 5 heteroatoms. The molecule has 0 amide bonds. The molecule has 13 heavy (non-hydrogen) atoms. The van der Waals surface area contributed by atoms with E-state index in [1.807, 2.05) is 0 Å². The van der Waals surface area contributed by atoms with Crippen LogP contribution in [-0.4, -0.2) is 48.2 Å². The van der Waals surface area contributed by atoms with Crippen LogP contribution in [0.1, 0.15) is 6.92 Å². The molecule has 0 bridgehead atoms. The van der Waals surface area contributed by atoms with Crippen LogP contribution in [0.2, 0.25) is 0 Å². The third kappa shape index (κ3) is 2.65. The Morgan fingerprint density at radius 3 is 2.62 bits per heavy atom. The van der Waals surface area contributed by atoms with Gasteiger partial charge in [0.25, 0.3) is 0 Å². The number of carboxylic acids is 1. The summed E-state index contributed by atoms with van der Waals surface area (Å²) in [6.45, 7) is 2.56. The van der Waals surface area contributed by atoms with Crippen molar-refractivity contribution in [3.05, 3.63) is 0 Å². The molecule has 0 radical (unpaired) electrons. The maximum atomic E-state index is 10.7. The van der Waals surface area contributed by atoms with E-state index in [4.69, 9.17) is 14.6 Å². The first-order chi connectivity index (χ1) is 6.13. The summed E-state index contributed by atoms with van der Waals surface area (Å²) in [6.07, 6.45) is -1.46. The van der Waals surface area contributed by atoms with Crippen LogP contribution in [0, 0.1) is 5.92 Å². The monoisotopic (exact) mass is 190 g/mol. The fraction of sp³-hybridized carbons (Fsp3) is 0.875. The molecule has 3 atom stereocenters. The van der Waals surface area contributed by atoms with Gasteiger partial charge < -0.3 is 19.7 Å². The van der Waals surface area contributed by atoms with Gasteiger partial charge >= 0.3 is 5.97 Å². The summed E-state index contributed by atoms with van der Waals surface area (Å²) in [5, 5.41) is 18.0. The molecule has 0 aromatic heterocycles. The van der Waals surface area contributed by atoms with Gasteiger partial charge in [0.2, 0.25) is 0 Å². The van der Waals surface area contributed by atoms with Crippen LogP contribution in [0.25, 0.3) is 0 Å². The van der Waals surface area contributed by atoms with Gasteiger partial charge in [0.05, 0.1) is 32.0 Å². The van der Waals surface area contributed by atoms with Crippen LogP contribution in [0.15, 0.2) is 0 Å². The second-order valence-electron chi connectivity index (χ2n) is 3.09. The van der Waals surface area contributed by atoms with Gasteiger partial charge in [-0.2, -0.15) is 0 Å². The number of carboxylic acid groups (broad SMARTS) is 1. The summed E-state index contributed by atoms with van der Waals surface area (Å²) < 4.78 is 10.3. The van der Waals surface area contributed by atoms with Crippen molar-refractivity contribution in [2.75, 3.05) is 19.8 Å². The number of hydrogen-bond acceptors (Lipinski definition) is 4. The zero-order valence-electron chi connectivity index (χ0n) is 7.47. The highest BCUT2D eigenvalue weighted by molar-refractivity contribution is 5.71. The van der Waals surface area contributed by atoms with Gasteiger partial charge in [0.15, 0.2) is 0 Å². The summed E-state index contributed by atoms with van der Waals surface area (Å²) >= 11 is 0. The Labute approximate surface area is 76.3 Å². The van der Waals surface area contributed by atoms with Crippen LogP contribution in [0.4, 0.5) is 0 Å². The molecule has 1 saturated heterocycles. The largest absolute Gasteiger partial charge is 0.481 e. The van der Waals surface area contributed by atoms with Crippen LogP contribution in [0.5, 0.6) is 0 Å². The lowest BCUT2D eigenvalue weighted by molar-refractivity contribution is -0.167. The maximum absolute atomic E-state index is 10.7. The number of ether oxygens (including phenoxy) is 2. The standard InChI is InChI=1S/C8H14O5/c1-5(9)7(8(10)11)6-4-12-2-3-13-6/h5-7,9H,2-4H2,1H3,(H,10,11). The third-order valence-electron chi connectivity index (χ3n) is 2.05. The molecule has 1 fully saturated rings. The molecule has 2 N–H and O–H groups in total. The van der Waals surface area contributed by atoms with Gasteiger partial charge in [0.1, 0.15) is 5.92 Å². The number of rotatable bonds is 3. The molecule has 0 aromatic rings. The van der Waals surface area contributed by atoms with Crippen molar-refractivity contribution < 1.29 is 24.5 Å². The van der Waals surface area contributed by atoms with Crippen molar-refractivity contribution >= 4 is 5.97 Å². The topological polar surface area (TPSA) is 76.0 Å². The molecule has 0 saturated carbocycles. The second-order valence-corrected chi connectivity index (χ2v) is 3.09. The Morgan fingerprint density at radius 2 is 2.23 bits per heavy atom. The predicted octanol–water partition coefficient (Wildman–Crippen LogP) is -0.517. The second kappa shape index (κ2) is 4.55. The van der Waals surface area contributed by atoms with Crippen LogP contribution in [0.3, 0.4) is 0 Å². The number of aliphatic carboxylic acids is 1. The quantitative estimate of drug-likeness (QED) is 0.626. The molecule has 5 nitrogen and oxygen atoms in total. The summed E-state index contributed by atoms with van der Waals surface area (Å²) in [5.74, 6) is -1.95. The van der Waals surface area contributed by atoms with E-state index in [-0.39, 0.29) is 6.61 Å². The minimum absolute atomic E-state index is 0.238. The molecular weight excluding hydrogens is 176 g/mol. The highest BCUT2D eigenvalue weighted by Gasteiger charge is 2.34. The molecule has 76 valence electrons. The zero-order valence-corrected chi connectivity index (χ0v) is 7.47. The lowest BCUT2D eigenvalue weighted by Gasteiger charge is -2.29. The van der Waals surface area contributed by atoms with Crippen LogP contribution < -0.4 is 0 Å². The van der Waals surface area contributed by atoms with Crippen LogP contribution >= 0.6 is 0 Å². The Kier molecular flexibility index (Phi) is 3.65. The SMILES string of the molecule is CC(O)C(C(=O)O)C1COCCO1. The molecule has 1 rings (SSSR count). The van der Waals surface area contributed by atoms with Gasteiger partial charge in [-0.05, 0) is 6.92 Å². The van der Waals surface area contributed by atoms with E-state index in [0.29, 0.717) is 13.2 Å². The number of carbonyl (C=O) groups is 1. The average Bonchev–Trinajstić information content (AvgIpc) is 2.04. The predicted molar refractivity (Wildman–Crippen MR) is 43.4 cm³/mol. The Bertz CT molecular complexity index is 173. The highest BCUT2D eigenvalue weighted by Crippen LogP contribution is 2.16. The first kappa shape index (κ1) is 10.4. The normalized spacial score (nSPS) is 28.0. The van der Waals surface area contributed by atoms with E-state index in [9.17, 15) is 9.90 Å². The molecule has 0 spiro atoms. The van der Waals surface area contributed by atoms with Crippen molar-refractivity contribution in [3.63, 3.8) is 0 Å². The summed E-state index contributed by atoms with van der Waals surface area (Å²) in [7, 11) is 0. The molecule has 1 aliphatic rings. The molecule has 0 aromatic carbocycles. The smallest absolute Gasteiger partial charge is 0.311 e. The molecule has 1 heterocycles. The minimum Gasteiger partial charge on any atom is -0.481 e. The zero-order chi connectivity index (χ0) is 9.84. The molecule has 0 aliphatic carbocycles. The fourth-order valence-corrected chi connectivity index (χ4v) is 1.39. The Balaban J connectivity index is 2.57. The number of aliphatic hydroxyl groups excluding tert-OH is 1. The van der Waals surface area contributed by atoms with Gasteiger partial charge in [0, 0.05) is 0 Å². The van der Waals surface area contributed by atoms with Crippen LogP contribution in [-0.2, 0) is 14.3 Å². The van der Waals surface area contributed by atoms with E-state index in [1.54, 1.807) is 0 Å². The fourth-order valence-electron chi connectivity index (χ4n) is 1.39. The average molecular weight is 190 g/mol. The van der Waals surface area contributed by atoms with Gasteiger partial charge in [-0.1, -0.05) is 0 Å². The van der Waals surface area contributed by atoms with E-state index < -0.39 is 24.1 Å². The minimum atomic E-state index is -1.05. The van der Waals surface area contributed by atoms with Gasteiger partial charge in [-0.15, -0.1) is 0 Å². The summed E-state index contributed by atoms with van der Waals surface area (Å²) in [5.41, 5.74) is 0. The van der Waals surface area contributed by atoms with Crippen molar-refractivity contribution in [3.8, 4) is 0 Å². The first-order valence-corrected chi connectivity index (χ1v) is 4.23. The number of aliphatic hydroxyl groups is 1. The summed E-state index contributed by atoms with van der Waals surface area (Å²) in [6, 6.07) is 0. The van der Waals surface area contributed by atoms with Crippen molar-refractivity contribution in [1.82, 2.24) is 0 Å². The van der Waals surface area contributed by atoms with Gasteiger partial charge in [-0.25, -0.2) is 0 Å². The lowest BCUT2D eigenvalue weighted by atomic mass is 9.97. The molecule has 3 unspecified atom stereocenters. The lowest BCUT2D eigenvalue weighted by Crippen LogP contribution is -2.43. The van der Waals surface area contributed by atoms with E-state index in [1.165, 1.54) is 6.92 Å². The van der Waals surface area contributed by atoms with E-state index in [2.05, 4.69) is 0 Å².